The Balaban J connectivity index is 1.56. The first-order valence-electron chi connectivity index (χ1n) is 13.1. The van der Waals surface area contributed by atoms with Gasteiger partial charge in [-0.3, -0.25) is 9.59 Å². The summed E-state index contributed by atoms with van der Waals surface area (Å²) in [7, 11) is 0. The van der Waals surface area contributed by atoms with E-state index in [0.717, 1.165) is 16.5 Å². The van der Waals surface area contributed by atoms with Crippen molar-refractivity contribution in [1.82, 2.24) is 9.97 Å². The number of esters is 1. The Kier molecular flexibility index (Phi) is 4.40. The Labute approximate surface area is 214 Å². The van der Waals surface area contributed by atoms with Gasteiger partial charge in [0.1, 0.15) is 16.8 Å². The van der Waals surface area contributed by atoms with Crippen LogP contribution in [0, 0.1) is 23.2 Å². The van der Waals surface area contributed by atoms with Crippen LogP contribution in [0.2, 0.25) is 0 Å². The summed E-state index contributed by atoms with van der Waals surface area (Å²) in [4.78, 5) is 34.3. The Hall–Kier alpha value is -2.81. The smallest absolute Gasteiger partial charge is 0.306 e. The minimum absolute atomic E-state index is 0.0481. The number of rotatable bonds is 1. The molecule has 7 atom stereocenters. The second kappa shape index (κ2) is 6.98. The van der Waals surface area contributed by atoms with Gasteiger partial charge in [0.2, 0.25) is 0 Å². The Morgan fingerprint density at radius 2 is 1.97 bits per heavy atom. The van der Waals surface area contributed by atoms with Crippen LogP contribution >= 0.6 is 0 Å². The number of pyridine rings is 1. The zero-order chi connectivity index (χ0) is 26.1. The van der Waals surface area contributed by atoms with E-state index < -0.39 is 45.8 Å². The predicted molar refractivity (Wildman–Crippen MR) is 133 cm³/mol. The summed E-state index contributed by atoms with van der Waals surface area (Å²) in [5.74, 6) is -2.93. The number of ether oxygens (including phenoxy) is 1. The molecule has 3 heterocycles. The van der Waals surface area contributed by atoms with Crippen LogP contribution in [-0.2, 0) is 20.7 Å². The summed E-state index contributed by atoms with van der Waals surface area (Å²) in [6, 6.07) is 1.92. The van der Waals surface area contributed by atoms with Crippen molar-refractivity contribution < 1.29 is 29.6 Å². The van der Waals surface area contributed by atoms with E-state index >= 15 is 0 Å². The summed E-state index contributed by atoms with van der Waals surface area (Å²) < 4.78 is 6.33. The minimum atomic E-state index is -1.86. The SMILES string of the molecule is CC1=C[C@H]2[C@@]3(O)[C@H]4C[C@]5(OC(=O)CCc6c[nH]c7nccc4c67)[C@H]([C@@H]3C=C(CO)C[C@]2(O)C1=O)C5(C)C. The number of aromatic nitrogens is 2. The number of H-pyrrole nitrogens is 1. The van der Waals surface area contributed by atoms with Gasteiger partial charge in [-0.1, -0.05) is 26.0 Å². The number of carbonyl (C=O) groups is 2. The van der Waals surface area contributed by atoms with E-state index in [1.54, 1.807) is 19.2 Å². The maximum absolute atomic E-state index is 13.4. The lowest BCUT2D eigenvalue weighted by molar-refractivity contribution is -0.178. The van der Waals surface area contributed by atoms with Crippen LogP contribution in [0.5, 0.6) is 0 Å². The van der Waals surface area contributed by atoms with Gasteiger partial charge in [-0.25, -0.2) is 4.98 Å². The average Bonchev–Trinajstić information content (AvgIpc) is 3.10. The molecule has 0 aromatic carbocycles. The number of hydrogen-bond acceptors (Lipinski definition) is 7. The molecule has 2 fully saturated rings. The van der Waals surface area contributed by atoms with E-state index in [-0.39, 0.29) is 31.3 Å². The number of aromatic amines is 1. The molecule has 0 amide bonds. The van der Waals surface area contributed by atoms with Crippen LogP contribution in [-0.4, -0.2) is 60.5 Å². The lowest BCUT2D eigenvalue weighted by atomic mass is 9.57. The third-order valence-electron chi connectivity index (χ3n) is 10.5. The number of carbonyl (C=O) groups excluding carboxylic acids is 2. The fourth-order valence-electron chi connectivity index (χ4n) is 8.75. The molecular weight excluding hydrogens is 472 g/mol. The molecule has 194 valence electrons. The summed E-state index contributed by atoms with van der Waals surface area (Å²) in [6.45, 7) is 5.47. The van der Waals surface area contributed by atoms with E-state index in [4.69, 9.17) is 4.74 Å². The van der Waals surface area contributed by atoms with Gasteiger partial charge in [0.05, 0.1) is 12.2 Å². The Morgan fingerprint density at radius 3 is 2.73 bits per heavy atom. The largest absolute Gasteiger partial charge is 0.458 e. The van der Waals surface area contributed by atoms with Gasteiger partial charge < -0.3 is 25.0 Å². The van der Waals surface area contributed by atoms with Crippen molar-refractivity contribution >= 4 is 22.8 Å². The summed E-state index contributed by atoms with van der Waals surface area (Å²) >= 11 is 0. The molecule has 0 unspecified atom stereocenters. The van der Waals surface area contributed by atoms with Crippen LogP contribution in [0.4, 0.5) is 0 Å². The Morgan fingerprint density at radius 1 is 1.19 bits per heavy atom. The van der Waals surface area contributed by atoms with Gasteiger partial charge in [0, 0.05) is 59.7 Å². The average molecular weight is 505 g/mol. The number of nitrogens with one attached hydrogen (secondary N) is 1. The molecule has 5 aliphatic rings. The quantitative estimate of drug-likeness (QED) is 0.346. The number of nitrogens with zero attached hydrogens (tertiary/aromatic N) is 1. The number of fused-ring (bicyclic) bond motifs is 7. The van der Waals surface area contributed by atoms with E-state index in [9.17, 15) is 24.9 Å². The number of ketones is 1. The highest BCUT2D eigenvalue weighted by Gasteiger charge is 2.83. The third kappa shape index (κ3) is 2.61. The number of aliphatic hydroxyl groups excluding tert-OH is 1. The molecular formula is C29H32N2O6. The lowest BCUT2D eigenvalue weighted by Crippen LogP contribution is -2.61. The molecule has 2 aromatic rings. The molecule has 8 nitrogen and oxygen atoms in total. The van der Waals surface area contributed by atoms with Gasteiger partial charge in [-0.05, 0) is 48.1 Å². The summed E-state index contributed by atoms with van der Waals surface area (Å²) in [6.07, 6.45) is 8.20. The topological polar surface area (TPSA) is 133 Å². The zero-order valence-electron chi connectivity index (χ0n) is 21.2. The third-order valence-corrected chi connectivity index (χ3v) is 10.5. The molecule has 2 saturated carbocycles. The lowest BCUT2D eigenvalue weighted by Gasteiger charge is -2.52. The normalized spacial score (nSPS) is 41.6. The molecule has 4 aliphatic carbocycles. The summed E-state index contributed by atoms with van der Waals surface area (Å²) in [5, 5.41) is 36.2. The minimum Gasteiger partial charge on any atom is -0.458 e. The van der Waals surface area contributed by atoms with Crippen molar-refractivity contribution in [3.8, 4) is 0 Å². The van der Waals surface area contributed by atoms with Gasteiger partial charge in [0.15, 0.2) is 5.78 Å². The molecule has 0 radical (unpaired) electrons. The highest BCUT2D eigenvalue weighted by Crippen LogP contribution is 2.78. The first-order chi connectivity index (χ1) is 17.5. The molecule has 37 heavy (non-hydrogen) atoms. The van der Waals surface area contributed by atoms with Crippen LogP contribution in [0.25, 0.3) is 11.0 Å². The molecule has 4 N–H and O–H groups in total. The van der Waals surface area contributed by atoms with E-state index in [0.29, 0.717) is 29.6 Å². The van der Waals surface area contributed by atoms with Gasteiger partial charge in [-0.2, -0.15) is 0 Å². The van der Waals surface area contributed by atoms with Crippen molar-refractivity contribution in [2.24, 2.45) is 23.2 Å². The number of hydrogen-bond donors (Lipinski definition) is 4. The highest BCUT2D eigenvalue weighted by atomic mass is 16.6. The fourth-order valence-corrected chi connectivity index (χ4v) is 8.75. The monoisotopic (exact) mass is 504 g/mol. The fraction of sp³-hybridized carbons (Fsp3) is 0.552. The first-order valence-corrected chi connectivity index (χ1v) is 13.1. The molecule has 8 heteroatoms. The Bertz CT molecular complexity index is 1450. The maximum Gasteiger partial charge on any atom is 0.306 e. The predicted octanol–water partition coefficient (Wildman–Crippen LogP) is 2.48. The van der Waals surface area contributed by atoms with E-state index in [1.165, 1.54) is 0 Å². The standard InChI is InChI=1S/C29H32N2O6/c1-14-8-20-27(35,24(14)34)10-15(13-32)9-18-23-26(2,3)28(23)11-19(29(18,20)36)17-6-7-30-25-22(17)16(12-31-25)4-5-21(33)37-28/h6-9,12,18-20,23,32,35-36H,4-5,10-11,13H2,1-3H3,(H,30,31)/t18-,19-,20+,23+,27+,28-,29-/m0/s1. The van der Waals surface area contributed by atoms with Gasteiger partial charge in [-0.15, -0.1) is 0 Å². The van der Waals surface area contributed by atoms with Crippen LogP contribution in [0.1, 0.15) is 57.1 Å². The van der Waals surface area contributed by atoms with Crippen molar-refractivity contribution in [1.29, 1.82) is 0 Å². The maximum atomic E-state index is 13.4. The van der Waals surface area contributed by atoms with Crippen molar-refractivity contribution in [3.05, 3.63) is 52.9 Å². The van der Waals surface area contributed by atoms with Crippen LogP contribution in [0.15, 0.2) is 41.8 Å². The van der Waals surface area contributed by atoms with Crippen molar-refractivity contribution in [2.45, 2.75) is 69.2 Å². The molecule has 0 saturated heterocycles. The molecule has 2 aromatic heterocycles. The molecule has 1 aliphatic heterocycles. The van der Waals surface area contributed by atoms with Crippen molar-refractivity contribution in [2.75, 3.05) is 6.61 Å². The van der Waals surface area contributed by atoms with Crippen molar-refractivity contribution in [3.63, 3.8) is 0 Å². The second-order valence-corrected chi connectivity index (χ2v) is 12.4. The zero-order valence-corrected chi connectivity index (χ0v) is 21.2. The molecule has 1 spiro atoms. The van der Waals surface area contributed by atoms with E-state index in [1.807, 2.05) is 18.3 Å². The van der Waals surface area contributed by atoms with Crippen LogP contribution < -0.4 is 0 Å². The van der Waals surface area contributed by atoms with Crippen LogP contribution in [0.3, 0.4) is 0 Å². The van der Waals surface area contributed by atoms with E-state index in [2.05, 4.69) is 23.8 Å². The summed E-state index contributed by atoms with van der Waals surface area (Å²) in [5.41, 5.74) is -1.29. The highest BCUT2D eigenvalue weighted by molar-refractivity contribution is 6.05. The van der Waals surface area contributed by atoms with Gasteiger partial charge >= 0.3 is 5.97 Å². The first kappa shape index (κ1) is 23.3. The number of aliphatic hydroxyl groups is 3. The molecule has 2 bridgehead atoms. The number of Topliss-reactive ketones (excluding diaryl/α,β-unsaturated/α-hetero) is 1. The molecule has 7 rings (SSSR count). The number of aryl methyl sites for hydroxylation is 1. The second-order valence-electron chi connectivity index (χ2n) is 12.4. The van der Waals surface area contributed by atoms with Gasteiger partial charge in [0.25, 0.3) is 0 Å².